The van der Waals surface area contributed by atoms with E-state index in [9.17, 15) is 9.59 Å². The van der Waals surface area contributed by atoms with Gasteiger partial charge >= 0.3 is 0 Å². The number of benzene rings is 1. The Bertz CT molecular complexity index is 626. The van der Waals surface area contributed by atoms with Gasteiger partial charge in [-0.2, -0.15) is 0 Å². The molecule has 128 valence electrons. The van der Waals surface area contributed by atoms with Gasteiger partial charge in [-0.25, -0.2) is 0 Å². The largest absolute Gasteiger partial charge is 0.459 e. The molecule has 2 amide bonds. The first kappa shape index (κ1) is 17.7. The Morgan fingerprint density at radius 1 is 1.17 bits per heavy atom. The molecule has 6 heteroatoms. The molecular formula is C18H22N2O4. The molecule has 6 nitrogen and oxygen atoms in total. The molecule has 1 heterocycles. The van der Waals surface area contributed by atoms with E-state index < -0.39 is 11.9 Å². The van der Waals surface area contributed by atoms with Crippen LogP contribution in [0.2, 0.25) is 0 Å². The van der Waals surface area contributed by atoms with Crippen molar-refractivity contribution in [1.82, 2.24) is 10.6 Å². The Morgan fingerprint density at radius 2 is 1.96 bits per heavy atom. The van der Waals surface area contributed by atoms with Gasteiger partial charge in [-0.15, -0.1) is 0 Å². The van der Waals surface area contributed by atoms with Crippen molar-refractivity contribution in [2.24, 2.45) is 0 Å². The lowest BCUT2D eigenvalue weighted by Gasteiger charge is -2.18. The second kappa shape index (κ2) is 9.52. The van der Waals surface area contributed by atoms with Crippen LogP contribution in [-0.2, 0) is 16.0 Å². The molecule has 0 aliphatic rings. The SMILES string of the molecule is COCCCNC(=O)[C@H](Cc1ccccc1)NC(=O)c1ccco1. The monoisotopic (exact) mass is 330 g/mol. The van der Waals surface area contributed by atoms with Crippen LogP contribution in [0.1, 0.15) is 22.5 Å². The number of furan rings is 1. The maximum absolute atomic E-state index is 12.4. The van der Waals surface area contributed by atoms with E-state index in [1.807, 2.05) is 30.3 Å². The quantitative estimate of drug-likeness (QED) is 0.687. The van der Waals surface area contributed by atoms with E-state index >= 15 is 0 Å². The zero-order valence-corrected chi connectivity index (χ0v) is 13.7. The molecule has 2 N–H and O–H groups in total. The van der Waals surface area contributed by atoms with Crippen LogP contribution in [0, 0.1) is 0 Å². The molecule has 0 unspecified atom stereocenters. The highest BCUT2D eigenvalue weighted by molar-refractivity contribution is 5.95. The van der Waals surface area contributed by atoms with E-state index in [0.717, 1.165) is 5.56 Å². The third kappa shape index (κ3) is 5.55. The Morgan fingerprint density at radius 3 is 2.62 bits per heavy atom. The zero-order chi connectivity index (χ0) is 17.2. The summed E-state index contributed by atoms with van der Waals surface area (Å²) in [6.45, 7) is 1.07. The molecule has 0 aliphatic carbocycles. The Hall–Kier alpha value is -2.60. The van der Waals surface area contributed by atoms with Crippen molar-refractivity contribution >= 4 is 11.8 Å². The molecule has 1 aromatic heterocycles. The fourth-order valence-electron chi connectivity index (χ4n) is 2.25. The topological polar surface area (TPSA) is 80.6 Å². The molecule has 0 saturated heterocycles. The summed E-state index contributed by atoms with van der Waals surface area (Å²) >= 11 is 0. The summed E-state index contributed by atoms with van der Waals surface area (Å²) in [5, 5.41) is 5.56. The van der Waals surface area contributed by atoms with E-state index in [1.54, 1.807) is 19.2 Å². The van der Waals surface area contributed by atoms with Crippen LogP contribution < -0.4 is 10.6 Å². The first-order chi connectivity index (χ1) is 11.7. The summed E-state index contributed by atoms with van der Waals surface area (Å²) in [6.07, 6.45) is 2.54. The van der Waals surface area contributed by atoms with Gasteiger partial charge in [0.05, 0.1) is 6.26 Å². The third-order valence-electron chi connectivity index (χ3n) is 3.47. The molecule has 0 radical (unpaired) electrons. The molecule has 24 heavy (non-hydrogen) atoms. The van der Waals surface area contributed by atoms with Crippen LogP contribution >= 0.6 is 0 Å². The molecule has 0 fully saturated rings. The maximum atomic E-state index is 12.4. The van der Waals surface area contributed by atoms with Gasteiger partial charge in [-0.3, -0.25) is 9.59 Å². The minimum atomic E-state index is -0.674. The summed E-state index contributed by atoms with van der Waals surface area (Å²) in [6, 6.07) is 12.1. The van der Waals surface area contributed by atoms with Crippen LogP contribution in [0.4, 0.5) is 0 Å². The third-order valence-corrected chi connectivity index (χ3v) is 3.47. The molecule has 0 spiro atoms. The van der Waals surface area contributed by atoms with Crippen molar-refractivity contribution < 1.29 is 18.7 Å². The van der Waals surface area contributed by atoms with E-state index in [0.29, 0.717) is 26.0 Å². The fraction of sp³-hybridized carbons (Fsp3) is 0.333. The van der Waals surface area contributed by atoms with E-state index in [4.69, 9.17) is 9.15 Å². The van der Waals surface area contributed by atoms with Crippen molar-refractivity contribution in [3.05, 3.63) is 60.1 Å². The molecule has 0 aliphatic heterocycles. The van der Waals surface area contributed by atoms with Crippen molar-refractivity contribution in [2.45, 2.75) is 18.9 Å². The minimum absolute atomic E-state index is 0.181. The summed E-state index contributed by atoms with van der Waals surface area (Å²) < 4.78 is 10.0. The number of carbonyl (C=O) groups is 2. The van der Waals surface area contributed by atoms with Gasteiger partial charge in [-0.1, -0.05) is 30.3 Å². The number of carbonyl (C=O) groups excluding carboxylic acids is 2. The lowest BCUT2D eigenvalue weighted by molar-refractivity contribution is -0.123. The van der Waals surface area contributed by atoms with Gasteiger partial charge in [0.2, 0.25) is 5.91 Å². The normalized spacial score (nSPS) is 11.7. The molecular weight excluding hydrogens is 308 g/mol. The van der Waals surface area contributed by atoms with Gasteiger partial charge in [0, 0.05) is 26.7 Å². The summed E-state index contributed by atoms with van der Waals surface area (Å²) in [5.74, 6) is -0.455. The molecule has 2 rings (SSSR count). The summed E-state index contributed by atoms with van der Waals surface area (Å²) in [4.78, 5) is 24.6. The maximum Gasteiger partial charge on any atom is 0.287 e. The van der Waals surface area contributed by atoms with Gasteiger partial charge in [0.25, 0.3) is 5.91 Å². The van der Waals surface area contributed by atoms with Crippen LogP contribution in [0.3, 0.4) is 0 Å². The average molecular weight is 330 g/mol. The minimum Gasteiger partial charge on any atom is -0.459 e. The second-order valence-corrected chi connectivity index (χ2v) is 5.33. The molecule has 0 saturated carbocycles. The number of ether oxygens (including phenoxy) is 1. The zero-order valence-electron chi connectivity index (χ0n) is 13.7. The van der Waals surface area contributed by atoms with E-state index in [1.165, 1.54) is 6.26 Å². The van der Waals surface area contributed by atoms with Crippen molar-refractivity contribution in [3.8, 4) is 0 Å². The number of rotatable bonds is 9. The fourth-order valence-corrected chi connectivity index (χ4v) is 2.25. The molecule has 2 aromatic rings. The Kier molecular flexibility index (Phi) is 7.04. The Labute approximate surface area is 141 Å². The number of nitrogens with one attached hydrogen (secondary N) is 2. The summed E-state index contributed by atoms with van der Waals surface area (Å²) in [5.41, 5.74) is 0.967. The lowest BCUT2D eigenvalue weighted by atomic mass is 10.0. The van der Waals surface area contributed by atoms with Gasteiger partial charge in [-0.05, 0) is 24.1 Å². The number of hydrogen-bond acceptors (Lipinski definition) is 4. The van der Waals surface area contributed by atoms with Crippen molar-refractivity contribution in [1.29, 1.82) is 0 Å². The predicted octanol–water partition coefficient (Wildman–Crippen LogP) is 1.77. The van der Waals surface area contributed by atoms with E-state index in [2.05, 4.69) is 10.6 Å². The lowest BCUT2D eigenvalue weighted by Crippen LogP contribution is -2.48. The van der Waals surface area contributed by atoms with Gasteiger partial charge < -0.3 is 19.8 Å². The van der Waals surface area contributed by atoms with Gasteiger partial charge in [0.15, 0.2) is 5.76 Å². The van der Waals surface area contributed by atoms with Crippen molar-refractivity contribution in [3.63, 3.8) is 0 Å². The van der Waals surface area contributed by atoms with E-state index in [-0.39, 0.29) is 11.7 Å². The highest BCUT2D eigenvalue weighted by Gasteiger charge is 2.22. The molecule has 1 aromatic carbocycles. The first-order valence-electron chi connectivity index (χ1n) is 7.85. The number of hydrogen-bond donors (Lipinski definition) is 2. The summed E-state index contributed by atoms with van der Waals surface area (Å²) in [7, 11) is 1.61. The predicted molar refractivity (Wildman–Crippen MR) is 89.6 cm³/mol. The van der Waals surface area contributed by atoms with Crippen LogP contribution in [0.5, 0.6) is 0 Å². The average Bonchev–Trinajstić information content (AvgIpc) is 3.13. The smallest absolute Gasteiger partial charge is 0.287 e. The molecule has 1 atom stereocenters. The number of methoxy groups -OCH3 is 1. The molecule has 0 bridgehead atoms. The standard InChI is InChI=1S/C18H22N2O4/c1-23-11-6-10-19-17(21)15(13-14-7-3-2-4-8-14)20-18(22)16-9-5-12-24-16/h2-5,7-9,12,15H,6,10-11,13H2,1H3,(H,19,21)(H,20,22)/t15-/m0/s1. The highest BCUT2D eigenvalue weighted by atomic mass is 16.5. The number of amides is 2. The van der Waals surface area contributed by atoms with Crippen LogP contribution in [-0.4, -0.2) is 38.1 Å². The van der Waals surface area contributed by atoms with Gasteiger partial charge in [0.1, 0.15) is 6.04 Å². The van der Waals surface area contributed by atoms with Crippen molar-refractivity contribution in [2.75, 3.05) is 20.3 Å². The Balaban J connectivity index is 2.00. The first-order valence-corrected chi connectivity index (χ1v) is 7.85. The van der Waals surface area contributed by atoms with Crippen LogP contribution in [0.25, 0.3) is 0 Å². The van der Waals surface area contributed by atoms with Crippen LogP contribution in [0.15, 0.2) is 53.1 Å². The second-order valence-electron chi connectivity index (χ2n) is 5.33. The highest BCUT2D eigenvalue weighted by Crippen LogP contribution is 2.06.